The van der Waals surface area contributed by atoms with Gasteiger partial charge in [-0.15, -0.1) is 0 Å². The first-order chi connectivity index (χ1) is 7.70. The first-order valence-corrected chi connectivity index (χ1v) is 4.65. The van der Waals surface area contributed by atoms with Crippen LogP contribution in [-0.2, 0) is 0 Å². The number of carbonyl (C=O) groups excluding carboxylic acids is 1. The molecule has 0 aliphatic rings. The van der Waals surface area contributed by atoms with Crippen LogP contribution in [0.1, 0.15) is 10.5 Å². The van der Waals surface area contributed by atoms with Gasteiger partial charge in [0.05, 0.1) is 0 Å². The number of nitrogens with one attached hydrogen (secondary N) is 1. The number of nitrogens with zero attached hydrogens (tertiary/aromatic N) is 1. The number of amides is 1. The molecule has 0 spiro atoms. The molecular formula is C11H9FN2O2. The van der Waals surface area contributed by atoms with Gasteiger partial charge in [0.25, 0.3) is 5.91 Å². The fourth-order valence-electron chi connectivity index (χ4n) is 1.29. The van der Waals surface area contributed by atoms with Gasteiger partial charge >= 0.3 is 0 Å². The standard InChI is InChI=1S/C11H9FN2O2/c1-13-11(15)9-6-10(16-14-9)7-3-2-4-8(12)5-7/h2-6H,1H3,(H,13,15). The van der Waals surface area contributed by atoms with Crippen molar-refractivity contribution in [3.8, 4) is 11.3 Å². The van der Waals surface area contributed by atoms with E-state index in [-0.39, 0.29) is 17.4 Å². The van der Waals surface area contributed by atoms with Crippen LogP contribution in [0.2, 0.25) is 0 Å². The summed E-state index contributed by atoms with van der Waals surface area (Å²) >= 11 is 0. The maximum Gasteiger partial charge on any atom is 0.273 e. The Morgan fingerprint density at radius 1 is 1.44 bits per heavy atom. The quantitative estimate of drug-likeness (QED) is 0.840. The van der Waals surface area contributed by atoms with Crippen molar-refractivity contribution >= 4 is 5.91 Å². The summed E-state index contributed by atoms with van der Waals surface area (Å²) in [5.41, 5.74) is 0.712. The van der Waals surface area contributed by atoms with Crippen LogP contribution in [0.4, 0.5) is 4.39 Å². The van der Waals surface area contributed by atoms with Crippen molar-refractivity contribution in [3.05, 3.63) is 41.8 Å². The van der Waals surface area contributed by atoms with Crippen LogP contribution in [0.3, 0.4) is 0 Å². The van der Waals surface area contributed by atoms with E-state index in [0.29, 0.717) is 11.3 Å². The Labute approximate surface area is 91.1 Å². The normalized spacial score (nSPS) is 10.1. The molecule has 0 aliphatic carbocycles. The summed E-state index contributed by atoms with van der Waals surface area (Å²) in [6.45, 7) is 0. The first-order valence-electron chi connectivity index (χ1n) is 4.65. The van der Waals surface area contributed by atoms with Gasteiger partial charge in [-0.25, -0.2) is 4.39 Å². The lowest BCUT2D eigenvalue weighted by Crippen LogP contribution is -2.17. The van der Waals surface area contributed by atoms with Crippen LogP contribution in [0, 0.1) is 5.82 Å². The zero-order valence-electron chi connectivity index (χ0n) is 8.53. The summed E-state index contributed by atoms with van der Waals surface area (Å²) in [6, 6.07) is 7.35. The first kappa shape index (κ1) is 10.4. The molecule has 5 heteroatoms. The molecule has 0 unspecified atom stereocenters. The van der Waals surface area contributed by atoms with E-state index in [1.165, 1.54) is 25.2 Å². The van der Waals surface area contributed by atoms with Crippen LogP contribution in [0.25, 0.3) is 11.3 Å². The van der Waals surface area contributed by atoms with E-state index in [1.54, 1.807) is 12.1 Å². The molecule has 0 saturated carbocycles. The van der Waals surface area contributed by atoms with Crippen molar-refractivity contribution in [2.75, 3.05) is 7.05 Å². The van der Waals surface area contributed by atoms with Crippen molar-refractivity contribution in [3.63, 3.8) is 0 Å². The van der Waals surface area contributed by atoms with E-state index < -0.39 is 0 Å². The molecule has 4 nitrogen and oxygen atoms in total. The van der Waals surface area contributed by atoms with E-state index in [0.717, 1.165) is 0 Å². The highest BCUT2D eigenvalue weighted by atomic mass is 19.1. The second-order valence-electron chi connectivity index (χ2n) is 3.17. The van der Waals surface area contributed by atoms with Gasteiger partial charge in [-0.2, -0.15) is 0 Å². The maximum absolute atomic E-state index is 12.9. The van der Waals surface area contributed by atoms with Gasteiger partial charge in [0, 0.05) is 18.7 Å². The SMILES string of the molecule is CNC(=O)c1cc(-c2cccc(F)c2)on1. The molecule has 2 rings (SSSR count). The average molecular weight is 220 g/mol. The van der Waals surface area contributed by atoms with E-state index in [2.05, 4.69) is 10.5 Å². The third-order valence-electron chi connectivity index (χ3n) is 2.08. The Morgan fingerprint density at radius 2 is 2.25 bits per heavy atom. The van der Waals surface area contributed by atoms with Gasteiger partial charge in [-0.1, -0.05) is 17.3 Å². The molecule has 0 radical (unpaired) electrons. The number of hydrogen-bond acceptors (Lipinski definition) is 3. The minimum absolute atomic E-state index is 0.168. The van der Waals surface area contributed by atoms with Crippen LogP contribution in [0.15, 0.2) is 34.9 Å². The zero-order chi connectivity index (χ0) is 11.5. The van der Waals surface area contributed by atoms with E-state index in [9.17, 15) is 9.18 Å². The number of carbonyl (C=O) groups is 1. The predicted octanol–water partition coefficient (Wildman–Crippen LogP) is 1.84. The topological polar surface area (TPSA) is 55.1 Å². The van der Waals surface area contributed by atoms with Crippen molar-refractivity contribution in [2.24, 2.45) is 0 Å². The zero-order valence-corrected chi connectivity index (χ0v) is 8.53. The van der Waals surface area contributed by atoms with Crippen molar-refractivity contribution < 1.29 is 13.7 Å². The predicted molar refractivity (Wildman–Crippen MR) is 55.3 cm³/mol. The molecule has 1 amide bonds. The van der Waals surface area contributed by atoms with Gasteiger partial charge in [-0.3, -0.25) is 4.79 Å². The highest BCUT2D eigenvalue weighted by Crippen LogP contribution is 2.20. The molecule has 16 heavy (non-hydrogen) atoms. The molecule has 2 aromatic rings. The number of hydrogen-bond donors (Lipinski definition) is 1. The molecule has 1 heterocycles. The van der Waals surface area contributed by atoms with Crippen molar-refractivity contribution in [2.45, 2.75) is 0 Å². The summed E-state index contributed by atoms with van der Waals surface area (Å²) in [4.78, 5) is 11.2. The summed E-state index contributed by atoms with van der Waals surface area (Å²) in [5.74, 6) is -0.347. The highest BCUT2D eigenvalue weighted by molar-refractivity contribution is 5.92. The monoisotopic (exact) mass is 220 g/mol. The van der Waals surface area contributed by atoms with Gasteiger partial charge < -0.3 is 9.84 Å². The van der Waals surface area contributed by atoms with Gasteiger partial charge in [-0.05, 0) is 12.1 Å². The summed E-state index contributed by atoms with van der Waals surface area (Å²) in [6.07, 6.45) is 0. The molecule has 0 atom stereocenters. The summed E-state index contributed by atoms with van der Waals surface area (Å²) in [5, 5.41) is 6.01. The molecule has 0 fully saturated rings. The third-order valence-corrected chi connectivity index (χ3v) is 2.08. The molecule has 82 valence electrons. The maximum atomic E-state index is 12.9. The summed E-state index contributed by atoms with van der Waals surface area (Å²) in [7, 11) is 1.50. The van der Waals surface area contributed by atoms with Crippen LogP contribution < -0.4 is 5.32 Å². The number of rotatable bonds is 2. The Hall–Kier alpha value is -2.17. The fourth-order valence-corrected chi connectivity index (χ4v) is 1.29. The lowest BCUT2D eigenvalue weighted by atomic mass is 10.1. The van der Waals surface area contributed by atoms with Crippen molar-refractivity contribution in [1.29, 1.82) is 0 Å². The molecule has 0 aliphatic heterocycles. The number of halogens is 1. The second-order valence-corrected chi connectivity index (χ2v) is 3.17. The molecular weight excluding hydrogens is 211 g/mol. The molecule has 1 N–H and O–H groups in total. The second kappa shape index (κ2) is 4.14. The Bertz CT molecular complexity index is 522. The highest BCUT2D eigenvalue weighted by Gasteiger charge is 2.12. The Kier molecular flexibility index (Phi) is 2.68. The third kappa shape index (κ3) is 1.93. The smallest absolute Gasteiger partial charge is 0.273 e. The van der Waals surface area contributed by atoms with Gasteiger partial charge in [0.1, 0.15) is 5.82 Å². The van der Waals surface area contributed by atoms with E-state index in [1.807, 2.05) is 0 Å². The van der Waals surface area contributed by atoms with Crippen LogP contribution >= 0.6 is 0 Å². The summed E-state index contributed by atoms with van der Waals surface area (Å²) < 4.78 is 17.9. The van der Waals surface area contributed by atoms with E-state index in [4.69, 9.17) is 4.52 Å². The minimum atomic E-state index is -0.365. The Morgan fingerprint density at radius 3 is 2.94 bits per heavy atom. The van der Waals surface area contributed by atoms with Gasteiger partial charge in [0.2, 0.25) is 0 Å². The largest absolute Gasteiger partial charge is 0.355 e. The lowest BCUT2D eigenvalue weighted by Gasteiger charge is -1.93. The average Bonchev–Trinajstić information content (AvgIpc) is 2.77. The Balaban J connectivity index is 2.35. The number of benzene rings is 1. The minimum Gasteiger partial charge on any atom is -0.355 e. The fraction of sp³-hybridized carbons (Fsp3) is 0.0909. The van der Waals surface area contributed by atoms with Crippen molar-refractivity contribution in [1.82, 2.24) is 10.5 Å². The molecule has 0 saturated heterocycles. The molecule has 1 aromatic carbocycles. The number of aromatic nitrogens is 1. The molecule has 1 aromatic heterocycles. The lowest BCUT2D eigenvalue weighted by molar-refractivity contribution is 0.0954. The van der Waals surface area contributed by atoms with Crippen LogP contribution in [-0.4, -0.2) is 18.1 Å². The molecule has 0 bridgehead atoms. The van der Waals surface area contributed by atoms with E-state index >= 15 is 0 Å². The van der Waals surface area contributed by atoms with Gasteiger partial charge in [0.15, 0.2) is 11.5 Å². The van der Waals surface area contributed by atoms with Crippen LogP contribution in [0.5, 0.6) is 0 Å².